The highest BCUT2D eigenvalue weighted by Crippen LogP contribution is 2.63. The van der Waals surface area contributed by atoms with Crippen LogP contribution in [0.3, 0.4) is 0 Å². The second-order valence-corrected chi connectivity index (χ2v) is 43.5. The number of carbonyl (C=O) groups is 1. The largest absolute Gasteiger partial charge is 0.552 e. The van der Waals surface area contributed by atoms with Gasteiger partial charge in [-0.1, -0.05) is 61.5 Å². The number of likely N-dealkylation sites (tertiary alicyclic amines) is 1. The van der Waals surface area contributed by atoms with Crippen molar-refractivity contribution >= 4 is 135 Å². The molecule has 8 fully saturated rings. The lowest BCUT2D eigenvalue weighted by molar-refractivity contribution is -0.139. The van der Waals surface area contributed by atoms with Crippen LogP contribution < -0.4 is 37.4 Å². The number of nitrogens with one attached hydrogen (secondary N) is 4. The van der Waals surface area contributed by atoms with Crippen LogP contribution in [0.4, 0.5) is 8.78 Å². The molecule has 2 aromatic carbocycles. The highest BCUT2D eigenvalue weighted by Gasteiger charge is 2.57. The molecule has 28 nitrogen and oxygen atoms in total. The van der Waals surface area contributed by atoms with E-state index in [-0.39, 0.29) is 63.6 Å². The van der Waals surface area contributed by atoms with E-state index < -0.39 is 82.9 Å². The van der Waals surface area contributed by atoms with Gasteiger partial charge in [-0.05, 0) is 263 Å². The van der Waals surface area contributed by atoms with Crippen molar-refractivity contribution in [1.29, 1.82) is 0 Å². The number of hydrogen-bond acceptors (Lipinski definition) is 23. The molecule has 6 aromatic heterocycles. The number of rotatable bonds is 15. The summed E-state index contributed by atoms with van der Waals surface area (Å²) in [4.78, 5) is 39.5. The number of terminal acetylenes is 1. The van der Waals surface area contributed by atoms with Gasteiger partial charge in [0.1, 0.15) is 46.0 Å². The fourth-order valence-electron chi connectivity index (χ4n) is 23.4. The van der Waals surface area contributed by atoms with E-state index in [1.165, 1.54) is 55.3 Å². The Labute approximate surface area is 784 Å². The zero-order valence-corrected chi connectivity index (χ0v) is 76.8. The number of sulfonamides is 3. The molecule has 7 saturated carbocycles. The van der Waals surface area contributed by atoms with Crippen molar-refractivity contribution in [3.8, 4) is 41.1 Å². The van der Waals surface area contributed by atoms with Crippen LogP contribution in [0.15, 0.2) is 156 Å². The van der Waals surface area contributed by atoms with Crippen molar-refractivity contribution in [3.05, 3.63) is 230 Å². The quantitative estimate of drug-likeness (QED) is 0.0337. The number of carbonyl (C=O) groups excluding carboxylic acids is 1. The molecule has 1 amide bonds. The zero-order chi connectivity index (χ0) is 93.7. The summed E-state index contributed by atoms with van der Waals surface area (Å²) in [5.41, 5.74) is 19.1. The van der Waals surface area contributed by atoms with Crippen LogP contribution in [-0.4, -0.2) is 175 Å². The fourth-order valence-corrected chi connectivity index (χ4v) is 27.1. The number of amides is 1. The summed E-state index contributed by atoms with van der Waals surface area (Å²) in [5.74, 6) is 16.9. The summed E-state index contributed by atoms with van der Waals surface area (Å²) >= 11 is 0. The smallest absolute Gasteiger partial charge is 0.531 e. The normalized spacial score (nSPS) is 26.1. The first-order valence-corrected chi connectivity index (χ1v) is 51.0. The minimum atomic E-state index is -3.70. The Morgan fingerprint density at radius 3 is 1.35 bits per heavy atom. The van der Waals surface area contributed by atoms with Gasteiger partial charge in [-0.2, -0.15) is 0 Å². The molecule has 0 radical (unpaired) electrons. The van der Waals surface area contributed by atoms with Gasteiger partial charge in [0.15, 0.2) is 0 Å². The lowest BCUT2D eigenvalue weighted by Crippen LogP contribution is -2.55. The minimum Gasteiger partial charge on any atom is -0.531 e. The molecule has 6 aliphatic heterocycles. The Kier molecular flexibility index (Phi) is 25.3. The van der Waals surface area contributed by atoms with Crippen LogP contribution in [0, 0.1) is 83.2 Å². The second kappa shape index (κ2) is 37.2. The first-order chi connectivity index (χ1) is 64.9. The molecule has 25 rings (SSSR count). The molecule has 38 heteroatoms. The predicted octanol–water partition coefficient (Wildman–Crippen LogP) is 11.0. The van der Waals surface area contributed by atoms with Crippen LogP contribution in [0.1, 0.15) is 176 Å². The van der Waals surface area contributed by atoms with Gasteiger partial charge in [-0.3, -0.25) is 24.7 Å². The summed E-state index contributed by atoms with van der Waals surface area (Å²) < 4.78 is 135. The van der Waals surface area contributed by atoms with Gasteiger partial charge in [0.25, 0.3) is 0 Å². The Morgan fingerprint density at radius 2 is 0.926 bits per heavy atom. The van der Waals surface area contributed by atoms with Crippen LogP contribution in [-0.2, 0) is 60.5 Å². The number of fused-ring (bicyclic) bond motifs is 15. The third-order valence-corrected chi connectivity index (χ3v) is 34.2. The number of H-pyrrole nitrogens is 1. The maximum absolute atomic E-state index is 13.1. The molecule has 11 aliphatic carbocycles. The van der Waals surface area contributed by atoms with Crippen LogP contribution >= 0.6 is 0 Å². The van der Waals surface area contributed by atoms with Gasteiger partial charge >= 0.3 is 35.6 Å². The third-order valence-electron chi connectivity index (χ3n) is 29.5. The lowest BCUT2D eigenvalue weighted by atomic mass is 9.48. The minimum absolute atomic E-state index is 0.0145. The number of aromatic nitrogens is 6. The van der Waals surface area contributed by atoms with Crippen LogP contribution in [0.25, 0.3) is 63.2 Å². The van der Waals surface area contributed by atoms with Crippen molar-refractivity contribution in [3.63, 3.8) is 0 Å². The molecule has 0 spiro atoms. The number of halogens is 2. The standard InChI is InChI=1S/2C20H18BFN2O4S.C20H22BNO3.C19H20BN3O3.C18H23BN2O4S/c2*22-13-4-6-15(7-5-13)29(26,27)24-14-8-12(9-14)17-10-21(25)28-19-11-23-18-3-1-2-16(18)20(17)19;23-20-6-11-4-12(7-20)18(13(5-11)8-20)15-9-21(24)25-17-10-22-16-3-1-2-14(16)19(15)17;1-3-4-17(24)23-8-6-12(2)15(11-23)14-9-20(25)26-16-10-22-19-13(18(14)16)5-7-21-19;1-20-26(23,24)11-12-5-7-13(8-6-12)15-9-19(22)25-17-10-21-16-4-2-3-14(16)18(15)17/h2*1-2,4-7,10-12,14,24-25H,3,8-9H2;1-2,9-13,18,23-24H,3-8H2;1,5,7,9-10,12,15,25H,4,6,8,11H2,2H3,(H,21,22);2-3,9-10,12-13,20,22H,4-8,11H2,1H3. The Balaban J connectivity index is 0.000000105. The molecule has 1 saturated heterocycles. The van der Waals surface area contributed by atoms with Gasteiger partial charge in [0.05, 0.1) is 81.3 Å². The third kappa shape index (κ3) is 18.7. The number of nitrogens with zero attached hydrogens (tertiary/aromatic N) is 6. The first-order valence-electron chi connectivity index (χ1n) is 46.4. The van der Waals surface area contributed by atoms with Crippen molar-refractivity contribution in [2.24, 2.45) is 59.2 Å². The average molecular weight is 1880 g/mol. The fraction of sp³-hybridized carbons (Fsp3) is 0.381. The Hall–Kier alpha value is -10.9. The molecule has 4 atom stereocenters. The van der Waals surface area contributed by atoms with E-state index in [1.54, 1.807) is 48.9 Å². The van der Waals surface area contributed by atoms with Crippen LogP contribution in [0.5, 0.6) is 28.7 Å². The average Bonchev–Trinajstić information content (AvgIpc) is 1.37. The van der Waals surface area contributed by atoms with Crippen LogP contribution in [0.2, 0.25) is 0 Å². The number of hydrogen-bond donors (Lipinski definition) is 10. The van der Waals surface area contributed by atoms with E-state index in [0.29, 0.717) is 103 Å². The number of allylic oxidation sites excluding steroid dienone is 8. The molecule has 694 valence electrons. The molecule has 17 aliphatic rings. The molecule has 12 heterocycles. The molecule has 10 N–H and O–H groups in total. The molecule has 8 aromatic rings. The van der Waals surface area contributed by atoms with E-state index in [4.69, 9.17) is 29.7 Å². The van der Waals surface area contributed by atoms with E-state index in [1.807, 2.05) is 53.4 Å². The van der Waals surface area contributed by atoms with Crippen molar-refractivity contribution < 1.29 is 92.3 Å². The van der Waals surface area contributed by atoms with E-state index in [2.05, 4.69) is 81.2 Å². The maximum atomic E-state index is 13.1. The lowest BCUT2D eigenvalue weighted by Gasteiger charge is -2.59. The molecule has 4 unspecified atom stereocenters. The van der Waals surface area contributed by atoms with Gasteiger partial charge < -0.3 is 63.4 Å². The Morgan fingerprint density at radius 1 is 0.526 bits per heavy atom. The predicted molar refractivity (Wildman–Crippen MR) is 511 cm³/mol. The second-order valence-electron chi connectivity index (χ2n) is 38.1. The van der Waals surface area contributed by atoms with Gasteiger partial charge in [-0.15, -0.1) is 6.42 Å². The first kappa shape index (κ1) is 91.8. The van der Waals surface area contributed by atoms with E-state index >= 15 is 0 Å². The zero-order valence-electron chi connectivity index (χ0n) is 74.4. The molecular formula is C97H101B5F2N10O18S3. The summed E-state index contributed by atoms with van der Waals surface area (Å²) in [6.07, 6.45) is 47.7. The van der Waals surface area contributed by atoms with E-state index in [0.717, 1.165) is 202 Å². The SMILES string of the molecule is C#CCC(=O)N1CCC(C)C(C2=CB(O)Oc3cnc4[nH]ccc4c32)C1.CNS(=O)(=O)CC1CCC(C2=CB(O)Oc3cnc4c(c32)C=CC4)CC1.O=S(=O)(NC1CC(C2=CB(O)Oc3cnc4c(c32)C=CC4)C1)c1ccc(F)cc1.O=S(=O)(NC1CC(C2=CB(O)Oc3cnc4c(c32)C=CC4)C1)c1ccc(F)cc1.OB1C=C(C2C3CC4CC2CC(O)(C4)C3)c2c(cnc3c2C=CC3)O1. The molecule has 4 bridgehead atoms. The summed E-state index contributed by atoms with van der Waals surface area (Å²) in [6.45, 7) is 3.49. The van der Waals surface area contributed by atoms with E-state index in [9.17, 15) is 69.1 Å². The summed E-state index contributed by atoms with van der Waals surface area (Å²) in [7, 11) is -14.1. The Bertz CT molecular complexity index is 6580. The topological polar surface area (TPSA) is 407 Å². The number of aliphatic hydroxyl groups is 1. The maximum Gasteiger partial charge on any atom is 0.552 e. The van der Waals surface area contributed by atoms with Gasteiger partial charge in [0.2, 0.25) is 36.0 Å². The number of aromatic amines is 1. The van der Waals surface area contributed by atoms with Crippen molar-refractivity contribution in [2.45, 2.75) is 156 Å². The highest BCUT2D eigenvalue weighted by atomic mass is 32.2. The van der Waals surface area contributed by atoms with Gasteiger partial charge in [0, 0.05) is 118 Å². The molecular weight excluding hydrogens is 1780 g/mol. The number of benzene rings is 2. The highest BCUT2D eigenvalue weighted by molar-refractivity contribution is 7.90. The van der Waals surface area contributed by atoms with Crippen molar-refractivity contribution in [2.75, 3.05) is 25.9 Å². The monoisotopic (exact) mass is 1880 g/mol. The number of pyridine rings is 5. The molecule has 135 heavy (non-hydrogen) atoms. The summed E-state index contributed by atoms with van der Waals surface area (Å²) in [5, 5.41) is 62.6. The van der Waals surface area contributed by atoms with Crippen molar-refractivity contribution in [1.82, 2.24) is 49.0 Å². The summed E-state index contributed by atoms with van der Waals surface area (Å²) in [6, 6.07) is 11.1. The van der Waals surface area contributed by atoms with Gasteiger partial charge in [-0.25, -0.2) is 53.2 Å². The number of piperidine rings is 1.